The number of para-hydroxylation sites is 2. The zero-order valence-electron chi connectivity index (χ0n) is 12.1. The maximum Gasteiger partial charge on any atom is 0.0805 e. The molecule has 0 radical (unpaired) electrons. The van der Waals surface area contributed by atoms with Crippen LogP contribution in [0, 0.1) is 0 Å². The van der Waals surface area contributed by atoms with Crippen LogP contribution in [0.4, 0.5) is 5.69 Å². The Hall–Kier alpha value is -1.78. The van der Waals surface area contributed by atoms with Gasteiger partial charge in [0.1, 0.15) is 0 Å². The van der Waals surface area contributed by atoms with E-state index in [0.717, 1.165) is 5.52 Å². The highest BCUT2D eigenvalue weighted by Crippen LogP contribution is 2.45. The van der Waals surface area contributed by atoms with Crippen molar-refractivity contribution in [2.75, 3.05) is 11.9 Å². The molecule has 0 saturated carbocycles. The van der Waals surface area contributed by atoms with Crippen LogP contribution in [0.25, 0.3) is 17.0 Å². The van der Waals surface area contributed by atoms with Crippen molar-refractivity contribution >= 4 is 51.4 Å². The lowest BCUT2D eigenvalue weighted by Gasteiger charge is -2.13. The van der Waals surface area contributed by atoms with Crippen molar-refractivity contribution in [1.29, 1.82) is 0 Å². The largest absolute Gasteiger partial charge is 0.338 e. The van der Waals surface area contributed by atoms with Gasteiger partial charge in [-0.15, -0.1) is 17.0 Å². The molecule has 0 fully saturated rings. The second-order valence-electron chi connectivity index (χ2n) is 5.03. The van der Waals surface area contributed by atoms with Gasteiger partial charge in [-0.05, 0) is 35.9 Å². The van der Waals surface area contributed by atoms with E-state index < -0.39 is 0 Å². The first-order chi connectivity index (χ1) is 10.3. The van der Waals surface area contributed by atoms with Gasteiger partial charge >= 0.3 is 0 Å². The molecule has 4 heteroatoms. The molecule has 1 aliphatic heterocycles. The van der Waals surface area contributed by atoms with E-state index >= 15 is 0 Å². The van der Waals surface area contributed by atoms with Crippen LogP contribution in [0.5, 0.6) is 0 Å². The van der Waals surface area contributed by atoms with E-state index in [2.05, 4.69) is 71.5 Å². The summed E-state index contributed by atoms with van der Waals surface area (Å²) in [6, 6.07) is 18.8. The van der Waals surface area contributed by atoms with Gasteiger partial charge in [0, 0.05) is 23.5 Å². The number of pyridine rings is 1. The van der Waals surface area contributed by atoms with Gasteiger partial charge in [0.2, 0.25) is 0 Å². The van der Waals surface area contributed by atoms with E-state index in [1.165, 1.54) is 26.6 Å². The quantitative estimate of drug-likeness (QED) is 0.573. The van der Waals surface area contributed by atoms with Gasteiger partial charge in [-0.25, -0.2) is 0 Å². The summed E-state index contributed by atoms with van der Waals surface area (Å²) in [6.45, 7) is 0. The molecule has 2 aromatic carbocycles. The number of thioether (sulfide) groups is 1. The predicted molar refractivity (Wildman–Crippen MR) is 101 cm³/mol. The van der Waals surface area contributed by atoms with Crippen molar-refractivity contribution in [1.82, 2.24) is 4.98 Å². The summed E-state index contributed by atoms with van der Waals surface area (Å²) < 4.78 is 0. The molecule has 110 valence electrons. The maximum atomic E-state index is 4.43. The monoisotopic (exact) mass is 370 g/mol. The van der Waals surface area contributed by atoms with E-state index in [-0.39, 0.29) is 17.0 Å². The Balaban J connectivity index is 0.00000144. The molecule has 4 rings (SSSR count). The van der Waals surface area contributed by atoms with Gasteiger partial charge in [-0.1, -0.05) is 42.1 Å². The second-order valence-corrected chi connectivity index (χ2v) is 6.09. The molecule has 2 heterocycles. The summed E-state index contributed by atoms with van der Waals surface area (Å²) >= 11 is 1.81. The highest BCUT2D eigenvalue weighted by atomic mass is 79.9. The van der Waals surface area contributed by atoms with Crippen LogP contribution in [-0.4, -0.2) is 12.0 Å². The standard InChI is InChI=1S/C18H14N2S.BrH/c1-20-16-8-4-5-9-17(16)21-18(20)12-13-10-11-19-15-7-3-2-6-14(13)15;/h2-12H,1H3;1H. The Kier molecular flexibility index (Phi) is 4.23. The topological polar surface area (TPSA) is 16.1 Å². The smallest absolute Gasteiger partial charge is 0.0805 e. The molecule has 0 atom stereocenters. The Morgan fingerprint density at radius 3 is 2.64 bits per heavy atom. The second kappa shape index (κ2) is 6.15. The van der Waals surface area contributed by atoms with E-state index in [9.17, 15) is 0 Å². The summed E-state index contributed by atoms with van der Waals surface area (Å²) in [4.78, 5) is 7.98. The van der Waals surface area contributed by atoms with Gasteiger partial charge in [-0.3, -0.25) is 4.98 Å². The zero-order valence-corrected chi connectivity index (χ0v) is 14.6. The fraction of sp³-hybridized carbons (Fsp3) is 0.0556. The third-order valence-electron chi connectivity index (χ3n) is 3.73. The Morgan fingerprint density at radius 2 is 1.77 bits per heavy atom. The molecular weight excluding hydrogens is 356 g/mol. The van der Waals surface area contributed by atoms with Crippen LogP contribution in [0.3, 0.4) is 0 Å². The molecule has 0 spiro atoms. The van der Waals surface area contributed by atoms with Crippen molar-refractivity contribution in [3.63, 3.8) is 0 Å². The number of hydrogen-bond donors (Lipinski definition) is 0. The highest BCUT2D eigenvalue weighted by Gasteiger charge is 2.21. The molecular formula is C18H15BrN2S. The minimum atomic E-state index is 0. The fourth-order valence-electron chi connectivity index (χ4n) is 2.62. The Morgan fingerprint density at radius 1 is 1.00 bits per heavy atom. The average Bonchev–Trinajstić information content (AvgIpc) is 2.85. The van der Waals surface area contributed by atoms with Crippen LogP contribution < -0.4 is 4.90 Å². The fourth-order valence-corrected chi connectivity index (χ4v) is 3.73. The lowest BCUT2D eigenvalue weighted by Crippen LogP contribution is -2.09. The van der Waals surface area contributed by atoms with Crippen LogP contribution in [0.15, 0.2) is 70.7 Å². The van der Waals surface area contributed by atoms with Crippen molar-refractivity contribution < 1.29 is 0 Å². The first kappa shape index (κ1) is 15.1. The molecule has 0 unspecified atom stereocenters. The van der Waals surface area contributed by atoms with E-state index in [4.69, 9.17) is 0 Å². The number of hydrogen-bond acceptors (Lipinski definition) is 3. The number of anilines is 1. The first-order valence-electron chi connectivity index (χ1n) is 6.89. The Labute approximate surface area is 144 Å². The predicted octanol–water partition coefficient (Wildman–Crippen LogP) is 5.35. The first-order valence-corrected chi connectivity index (χ1v) is 7.71. The van der Waals surface area contributed by atoms with Gasteiger partial charge in [-0.2, -0.15) is 0 Å². The van der Waals surface area contributed by atoms with E-state index in [0.29, 0.717) is 0 Å². The van der Waals surface area contributed by atoms with Gasteiger partial charge in [0.25, 0.3) is 0 Å². The minimum Gasteiger partial charge on any atom is -0.338 e. The summed E-state index contributed by atoms with van der Waals surface area (Å²) in [6.07, 6.45) is 4.12. The maximum absolute atomic E-state index is 4.43. The lowest BCUT2D eigenvalue weighted by atomic mass is 10.1. The van der Waals surface area contributed by atoms with Gasteiger partial charge in [0.15, 0.2) is 0 Å². The van der Waals surface area contributed by atoms with Crippen molar-refractivity contribution in [2.24, 2.45) is 0 Å². The summed E-state index contributed by atoms with van der Waals surface area (Å²) in [5.41, 5.74) is 3.52. The normalized spacial score (nSPS) is 15.0. The molecule has 0 saturated heterocycles. The highest BCUT2D eigenvalue weighted by molar-refractivity contribution is 8.93. The molecule has 22 heavy (non-hydrogen) atoms. The van der Waals surface area contributed by atoms with Crippen LogP contribution in [0.1, 0.15) is 5.56 Å². The SMILES string of the molecule is Br.CN1C(=Cc2ccnc3ccccc23)Sc2ccccc21. The molecule has 0 amide bonds. The van der Waals surface area contributed by atoms with Crippen molar-refractivity contribution in [3.05, 3.63) is 71.4 Å². The van der Waals surface area contributed by atoms with Crippen LogP contribution in [-0.2, 0) is 0 Å². The van der Waals surface area contributed by atoms with E-state index in [1.54, 1.807) is 0 Å². The summed E-state index contributed by atoms with van der Waals surface area (Å²) in [7, 11) is 2.12. The lowest BCUT2D eigenvalue weighted by molar-refractivity contribution is 1.18. The number of fused-ring (bicyclic) bond motifs is 2. The molecule has 0 aliphatic carbocycles. The van der Waals surface area contributed by atoms with E-state index in [1.807, 2.05) is 24.0 Å². The molecule has 1 aliphatic rings. The molecule has 0 N–H and O–H groups in total. The van der Waals surface area contributed by atoms with Crippen LogP contribution >= 0.6 is 28.7 Å². The number of aromatic nitrogens is 1. The van der Waals surface area contributed by atoms with Gasteiger partial charge in [0.05, 0.1) is 16.2 Å². The number of halogens is 1. The molecule has 0 bridgehead atoms. The zero-order chi connectivity index (χ0) is 14.2. The molecule has 2 nitrogen and oxygen atoms in total. The van der Waals surface area contributed by atoms with Crippen molar-refractivity contribution in [3.8, 4) is 0 Å². The average molecular weight is 371 g/mol. The van der Waals surface area contributed by atoms with Crippen molar-refractivity contribution in [2.45, 2.75) is 4.90 Å². The number of nitrogens with zero attached hydrogens (tertiary/aromatic N) is 2. The van der Waals surface area contributed by atoms with Gasteiger partial charge < -0.3 is 4.90 Å². The minimum absolute atomic E-state index is 0. The Bertz CT molecular complexity index is 855. The number of benzene rings is 2. The number of rotatable bonds is 1. The third-order valence-corrected chi connectivity index (χ3v) is 4.90. The third kappa shape index (κ3) is 2.53. The summed E-state index contributed by atoms with van der Waals surface area (Å²) in [5, 5.41) is 2.44. The van der Waals surface area contributed by atoms with Crippen LogP contribution in [0.2, 0.25) is 0 Å². The summed E-state index contributed by atoms with van der Waals surface area (Å²) in [5.74, 6) is 0. The molecule has 1 aromatic heterocycles. The molecule has 3 aromatic rings.